The predicted octanol–water partition coefficient (Wildman–Crippen LogP) is 2.31. The van der Waals surface area contributed by atoms with Gasteiger partial charge in [0, 0.05) is 12.3 Å². The van der Waals surface area contributed by atoms with E-state index in [1.54, 1.807) is 5.38 Å². The van der Waals surface area contributed by atoms with Crippen LogP contribution in [0, 0.1) is 0 Å². The molecule has 0 spiro atoms. The number of rotatable bonds is 8. The van der Waals surface area contributed by atoms with Gasteiger partial charge in [0.15, 0.2) is 5.13 Å². The number of aromatic nitrogens is 1. The van der Waals surface area contributed by atoms with Crippen LogP contribution in [0.3, 0.4) is 0 Å². The van der Waals surface area contributed by atoms with Crippen LogP contribution in [0.1, 0.15) is 24.3 Å². The molecule has 0 saturated heterocycles. The zero-order chi connectivity index (χ0) is 17.4. The molecule has 0 saturated carbocycles. The summed E-state index contributed by atoms with van der Waals surface area (Å²) < 4.78 is 10.9. The molecule has 0 aliphatic heterocycles. The summed E-state index contributed by atoms with van der Waals surface area (Å²) in [6.45, 7) is 4.61. The van der Waals surface area contributed by atoms with Crippen LogP contribution >= 0.6 is 11.3 Å². The molecule has 128 valence electrons. The van der Waals surface area contributed by atoms with Gasteiger partial charge in [-0.1, -0.05) is 0 Å². The zero-order valence-electron chi connectivity index (χ0n) is 13.5. The van der Waals surface area contributed by atoms with Gasteiger partial charge >= 0.3 is 0 Å². The number of amides is 2. The Hall–Kier alpha value is -2.61. The minimum absolute atomic E-state index is 0.222. The van der Waals surface area contributed by atoms with Crippen molar-refractivity contribution in [3.8, 4) is 11.5 Å². The number of carbonyl (C=O) groups excluding carboxylic acids is 2. The minimum Gasteiger partial charge on any atom is -0.494 e. The second-order valence-electron chi connectivity index (χ2n) is 4.73. The van der Waals surface area contributed by atoms with Crippen LogP contribution in [0.4, 0.5) is 5.13 Å². The van der Waals surface area contributed by atoms with Crippen LogP contribution < -0.4 is 20.1 Å². The first kappa shape index (κ1) is 17.7. The Balaban J connectivity index is 1.72. The Morgan fingerprint density at radius 3 is 2.46 bits per heavy atom. The molecule has 1 aromatic carbocycles. The summed E-state index contributed by atoms with van der Waals surface area (Å²) in [6.07, 6.45) is 0. The van der Waals surface area contributed by atoms with E-state index in [0.717, 1.165) is 5.75 Å². The molecule has 1 aromatic heterocycles. The number of anilines is 1. The number of hydrogen-bond donors (Lipinski definition) is 2. The molecular weight excluding hydrogens is 330 g/mol. The third-order valence-corrected chi connectivity index (χ3v) is 3.57. The fourth-order valence-electron chi connectivity index (χ4n) is 1.81. The summed E-state index contributed by atoms with van der Waals surface area (Å²) >= 11 is 1.20. The summed E-state index contributed by atoms with van der Waals surface area (Å²) in [5.41, 5.74) is 0.268. The quantitative estimate of drug-likeness (QED) is 0.714. The molecule has 2 aromatic rings. The smallest absolute Gasteiger partial charge is 0.270 e. The van der Waals surface area contributed by atoms with Gasteiger partial charge in [-0.3, -0.25) is 9.59 Å². The van der Waals surface area contributed by atoms with E-state index >= 15 is 0 Å². The van der Waals surface area contributed by atoms with Crippen molar-refractivity contribution in [2.75, 3.05) is 25.1 Å². The van der Waals surface area contributed by atoms with Crippen LogP contribution in [0.15, 0.2) is 29.6 Å². The van der Waals surface area contributed by atoms with Crippen LogP contribution in [0.25, 0.3) is 0 Å². The summed E-state index contributed by atoms with van der Waals surface area (Å²) in [6, 6.07) is 7.28. The average molecular weight is 349 g/mol. The van der Waals surface area contributed by atoms with Crippen molar-refractivity contribution in [3.63, 3.8) is 0 Å². The van der Waals surface area contributed by atoms with Gasteiger partial charge in [0.25, 0.3) is 5.91 Å². The molecule has 0 atom stereocenters. The first-order valence-electron chi connectivity index (χ1n) is 7.45. The number of carbonyl (C=O) groups is 2. The largest absolute Gasteiger partial charge is 0.494 e. The standard InChI is InChI=1S/C16H19N3O4S/c1-3-22-12-4-6-13(7-5-12)23-9-8-17-15(21)14-10-24-16(19-14)18-11(2)20/h4-7,10H,3,8-9H2,1-2H3,(H,17,21)(H,18,19,20). The molecule has 2 N–H and O–H groups in total. The molecule has 1 heterocycles. The van der Waals surface area contributed by atoms with Gasteiger partial charge in [-0.05, 0) is 31.2 Å². The van der Waals surface area contributed by atoms with Gasteiger partial charge in [0.2, 0.25) is 5.91 Å². The lowest BCUT2D eigenvalue weighted by Gasteiger charge is -2.08. The van der Waals surface area contributed by atoms with Crippen molar-refractivity contribution in [2.24, 2.45) is 0 Å². The second-order valence-corrected chi connectivity index (χ2v) is 5.59. The zero-order valence-corrected chi connectivity index (χ0v) is 14.3. The van der Waals surface area contributed by atoms with Crippen molar-refractivity contribution in [3.05, 3.63) is 35.3 Å². The summed E-state index contributed by atoms with van der Waals surface area (Å²) in [5.74, 6) is 0.962. The highest BCUT2D eigenvalue weighted by Crippen LogP contribution is 2.17. The maximum atomic E-state index is 11.9. The molecule has 24 heavy (non-hydrogen) atoms. The molecular formula is C16H19N3O4S. The predicted molar refractivity (Wildman–Crippen MR) is 91.9 cm³/mol. The molecule has 0 aliphatic rings. The highest BCUT2D eigenvalue weighted by Gasteiger charge is 2.10. The molecule has 0 bridgehead atoms. The fourth-order valence-corrected chi connectivity index (χ4v) is 2.55. The van der Waals surface area contributed by atoms with Crippen LogP contribution in [0.5, 0.6) is 11.5 Å². The van der Waals surface area contributed by atoms with E-state index in [4.69, 9.17) is 9.47 Å². The first-order valence-corrected chi connectivity index (χ1v) is 8.33. The average Bonchev–Trinajstić information content (AvgIpc) is 3.01. The topological polar surface area (TPSA) is 89.5 Å². The van der Waals surface area contributed by atoms with E-state index in [2.05, 4.69) is 15.6 Å². The highest BCUT2D eigenvalue weighted by atomic mass is 32.1. The van der Waals surface area contributed by atoms with Crippen molar-refractivity contribution >= 4 is 28.3 Å². The maximum Gasteiger partial charge on any atom is 0.270 e. The molecule has 8 heteroatoms. The van der Waals surface area contributed by atoms with E-state index in [1.807, 2.05) is 31.2 Å². The highest BCUT2D eigenvalue weighted by molar-refractivity contribution is 7.14. The Labute approximate surface area is 144 Å². The van der Waals surface area contributed by atoms with Crippen molar-refractivity contribution in [1.29, 1.82) is 0 Å². The SMILES string of the molecule is CCOc1ccc(OCCNC(=O)c2csc(NC(C)=O)n2)cc1. The van der Waals surface area contributed by atoms with Gasteiger partial charge in [-0.2, -0.15) is 0 Å². The van der Waals surface area contributed by atoms with Crippen molar-refractivity contribution in [2.45, 2.75) is 13.8 Å². The molecule has 2 rings (SSSR count). The number of nitrogens with zero attached hydrogens (tertiary/aromatic N) is 1. The first-order chi connectivity index (χ1) is 11.6. The number of nitrogens with one attached hydrogen (secondary N) is 2. The van der Waals surface area contributed by atoms with Gasteiger partial charge in [-0.25, -0.2) is 4.98 Å². The van der Waals surface area contributed by atoms with E-state index in [-0.39, 0.29) is 17.5 Å². The van der Waals surface area contributed by atoms with Crippen molar-refractivity contribution in [1.82, 2.24) is 10.3 Å². The maximum absolute atomic E-state index is 11.9. The summed E-state index contributed by atoms with van der Waals surface area (Å²) in [4.78, 5) is 26.9. The molecule has 2 amide bonds. The lowest BCUT2D eigenvalue weighted by molar-refractivity contribution is -0.114. The van der Waals surface area contributed by atoms with Gasteiger partial charge in [0.1, 0.15) is 23.8 Å². The Bertz CT molecular complexity index is 685. The van der Waals surface area contributed by atoms with Crippen LogP contribution in [-0.2, 0) is 4.79 Å². The number of ether oxygens (including phenoxy) is 2. The number of benzene rings is 1. The molecule has 0 fully saturated rings. The van der Waals surface area contributed by atoms with Gasteiger partial charge in [-0.15, -0.1) is 11.3 Å². The number of hydrogen-bond acceptors (Lipinski definition) is 6. The lowest BCUT2D eigenvalue weighted by atomic mass is 10.3. The van der Waals surface area contributed by atoms with E-state index < -0.39 is 0 Å². The van der Waals surface area contributed by atoms with E-state index in [1.165, 1.54) is 18.3 Å². The Morgan fingerprint density at radius 2 is 1.83 bits per heavy atom. The number of thiazole rings is 1. The van der Waals surface area contributed by atoms with Crippen LogP contribution in [0.2, 0.25) is 0 Å². The van der Waals surface area contributed by atoms with Crippen LogP contribution in [-0.4, -0.2) is 36.6 Å². The summed E-state index contributed by atoms with van der Waals surface area (Å²) in [5, 5.41) is 7.24. The van der Waals surface area contributed by atoms with Crippen molar-refractivity contribution < 1.29 is 19.1 Å². The molecule has 0 aliphatic carbocycles. The molecule has 0 radical (unpaired) electrons. The molecule has 7 nitrogen and oxygen atoms in total. The minimum atomic E-state index is -0.307. The lowest BCUT2D eigenvalue weighted by Crippen LogP contribution is -2.28. The third-order valence-electron chi connectivity index (χ3n) is 2.81. The van der Waals surface area contributed by atoms with E-state index in [9.17, 15) is 9.59 Å². The normalized spacial score (nSPS) is 10.1. The Morgan fingerprint density at radius 1 is 1.17 bits per heavy atom. The second kappa shape index (κ2) is 8.88. The monoisotopic (exact) mass is 349 g/mol. The summed E-state index contributed by atoms with van der Waals surface area (Å²) in [7, 11) is 0. The van der Waals surface area contributed by atoms with E-state index in [0.29, 0.717) is 30.6 Å². The molecule has 0 unspecified atom stereocenters. The van der Waals surface area contributed by atoms with Gasteiger partial charge in [0.05, 0.1) is 13.2 Å². The third kappa shape index (κ3) is 5.54. The Kier molecular flexibility index (Phi) is 6.56. The fraction of sp³-hybridized carbons (Fsp3) is 0.312. The van der Waals surface area contributed by atoms with Gasteiger partial charge < -0.3 is 20.1 Å².